The van der Waals surface area contributed by atoms with Crippen LogP contribution in [0.1, 0.15) is 18.1 Å². The largest absolute Gasteiger partial charge is 0.497 e. The third kappa shape index (κ3) is 5.08. The van der Waals surface area contributed by atoms with Gasteiger partial charge in [0.05, 0.1) is 18.4 Å². The maximum Gasteiger partial charge on any atom is 0.240 e. The summed E-state index contributed by atoms with van der Waals surface area (Å²) in [6.45, 7) is 1.68. The van der Waals surface area contributed by atoms with Crippen LogP contribution in [0.5, 0.6) is 5.75 Å². The van der Waals surface area contributed by atoms with Crippen LogP contribution in [0.25, 0.3) is 0 Å². The zero-order valence-corrected chi connectivity index (χ0v) is 14.9. The lowest BCUT2D eigenvalue weighted by atomic mass is 10.1. The molecule has 26 heavy (non-hydrogen) atoms. The Hall–Kier alpha value is -3.33. The van der Waals surface area contributed by atoms with Gasteiger partial charge >= 0.3 is 0 Å². The molecule has 6 nitrogen and oxygen atoms in total. The van der Waals surface area contributed by atoms with Crippen LogP contribution >= 0.6 is 0 Å². The molecule has 6 heteroatoms. The van der Waals surface area contributed by atoms with Crippen molar-refractivity contribution < 1.29 is 14.3 Å². The van der Waals surface area contributed by atoms with Gasteiger partial charge in [-0.1, -0.05) is 24.3 Å². The van der Waals surface area contributed by atoms with Gasteiger partial charge in [0, 0.05) is 13.5 Å². The SMILES string of the molecule is COc1cccc(CCNC(=O)CN(C(C)=O)c2ccccc2C#N)c1. The number of methoxy groups -OCH3 is 1. The van der Waals surface area contributed by atoms with E-state index >= 15 is 0 Å². The van der Waals surface area contributed by atoms with Crippen LogP contribution in [0.3, 0.4) is 0 Å². The number of nitrogens with one attached hydrogen (secondary N) is 1. The van der Waals surface area contributed by atoms with Gasteiger partial charge in [-0.3, -0.25) is 9.59 Å². The number of ether oxygens (including phenoxy) is 1. The van der Waals surface area contributed by atoms with Crippen molar-refractivity contribution in [1.82, 2.24) is 5.32 Å². The number of hydrogen-bond donors (Lipinski definition) is 1. The van der Waals surface area contributed by atoms with Crippen molar-refractivity contribution in [1.29, 1.82) is 5.26 Å². The highest BCUT2D eigenvalue weighted by Gasteiger charge is 2.18. The first-order valence-corrected chi connectivity index (χ1v) is 8.22. The fourth-order valence-corrected chi connectivity index (χ4v) is 2.54. The Kier molecular flexibility index (Phi) is 6.75. The van der Waals surface area contributed by atoms with E-state index in [1.165, 1.54) is 11.8 Å². The molecule has 2 aromatic carbocycles. The number of carbonyl (C=O) groups is 2. The molecule has 0 aliphatic carbocycles. The van der Waals surface area contributed by atoms with Crippen LogP contribution in [0, 0.1) is 11.3 Å². The summed E-state index contributed by atoms with van der Waals surface area (Å²) in [4.78, 5) is 25.5. The lowest BCUT2D eigenvalue weighted by Crippen LogP contribution is -2.40. The molecule has 1 N–H and O–H groups in total. The van der Waals surface area contributed by atoms with E-state index in [1.807, 2.05) is 30.3 Å². The Morgan fingerprint density at radius 2 is 1.96 bits per heavy atom. The molecule has 2 aromatic rings. The molecule has 0 aliphatic heterocycles. The van der Waals surface area contributed by atoms with Gasteiger partial charge in [-0.25, -0.2) is 0 Å². The molecule has 0 atom stereocenters. The Balaban J connectivity index is 1.96. The summed E-state index contributed by atoms with van der Waals surface area (Å²) in [6, 6.07) is 16.4. The molecule has 134 valence electrons. The van der Waals surface area contributed by atoms with E-state index in [0.717, 1.165) is 11.3 Å². The predicted molar refractivity (Wildman–Crippen MR) is 98.9 cm³/mol. The number of benzene rings is 2. The van der Waals surface area contributed by atoms with Crippen LogP contribution in [0.15, 0.2) is 48.5 Å². The van der Waals surface area contributed by atoms with Crippen molar-refractivity contribution >= 4 is 17.5 Å². The second-order valence-electron chi connectivity index (χ2n) is 5.69. The van der Waals surface area contributed by atoms with E-state index in [2.05, 4.69) is 5.32 Å². The van der Waals surface area contributed by atoms with Gasteiger partial charge in [0.25, 0.3) is 0 Å². The topological polar surface area (TPSA) is 82.4 Å². The van der Waals surface area contributed by atoms with Gasteiger partial charge in [-0.15, -0.1) is 0 Å². The first-order valence-electron chi connectivity index (χ1n) is 8.22. The average Bonchev–Trinajstić information content (AvgIpc) is 2.66. The molecule has 0 spiro atoms. The Labute approximate surface area is 153 Å². The average molecular weight is 351 g/mol. The zero-order chi connectivity index (χ0) is 18.9. The van der Waals surface area contributed by atoms with E-state index < -0.39 is 0 Å². The minimum Gasteiger partial charge on any atom is -0.497 e. The number of nitrogens with zero attached hydrogens (tertiary/aromatic N) is 2. The molecule has 0 fully saturated rings. The highest BCUT2D eigenvalue weighted by Crippen LogP contribution is 2.19. The van der Waals surface area contributed by atoms with Crippen molar-refractivity contribution in [3.63, 3.8) is 0 Å². The van der Waals surface area contributed by atoms with Gasteiger partial charge in [0.2, 0.25) is 11.8 Å². The Morgan fingerprint density at radius 1 is 1.19 bits per heavy atom. The molecule has 0 saturated carbocycles. The van der Waals surface area contributed by atoms with E-state index in [1.54, 1.807) is 31.4 Å². The monoisotopic (exact) mass is 351 g/mol. The molecular formula is C20H21N3O3. The standard InChI is InChI=1S/C20H21N3O3/c1-15(24)23(19-9-4-3-7-17(19)13-21)14-20(25)22-11-10-16-6-5-8-18(12-16)26-2/h3-9,12H,10-11,14H2,1-2H3,(H,22,25). The maximum absolute atomic E-state index is 12.2. The minimum absolute atomic E-state index is 0.133. The number of nitriles is 1. The lowest BCUT2D eigenvalue weighted by Gasteiger charge is -2.21. The molecule has 2 amide bonds. The first-order chi connectivity index (χ1) is 12.5. The summed E-state index contributed by atoms with van der Waals surface area (Å²) in [6.07, 6.45) is 0.651. The van der Waals surface area contributed by atoms with Crippen molar-refractivity contribution in [2.75, 3.05) is 25.1 Å². The number of rotatable bonds is 7. The van der Waals surface area contributed by atoms with E-state index in [-0.39, 0.29) is 18.4 Å². The molecule has 2 rings (SSSR count). The molecule has 0 saturated heterocycles. The van der Waals surface area contributed by atoms with E-state index in [0.29, 0.717) is 24.2 Å². The highest BCUT2D eigenvalue weighted by atomic mass is 16.5. The summed E-state index contributed by atoms with van der Waals surface area (Å²) < 4.78 is 5.17. The fraction of sp³-hybridized carbons (Fsp3) is 0.250. The summed E-state index contributed by atoms with van der Waals surface area (Å²) in [5, 5.41) is 12.0. The summed E-state index contributed by atoms with van der Waals surface area (Å²) in [5.74, 6) is 0.191. The summed E-state index contributed by atoms with van der Waals surface area (Å²) >= 11 is 0. The van der Waals surface area contributed by atoms with Crippen LogP contribution in [0.4, 0.5) is 5.69 Å². The molecular weight excluding hydrogens is 330 g/mol. The van der Waals surface area contributed by atoms with Gasteiger partial charge in [0.15, 0.2) is 0 Å². The van der Waals surface area contributed by atoms with Gasteiger partial charge < -0.3 is 15.0 Å². The van der Waals surface area contributed by atoms with Crippen molar-refractivity contribution in [3.8, 4) is 11.8 Å². The molecule has 0 heterocycles. The Morgan fingerprint density at radius 3 is 2.65 bits per heavy atom. The van der Waals surface area contributed by atoms with E-state index in [9.17, 15) is 14.9 Å². The van der Waals surface area contributed by atoms with Gasteiger partial charge in [-0.2, -0.15) is 5.26 Å². The molecule has 0 bridgehead atoms. The normalized spacial score (nSPS) is 9.88. The van der Waals surface area contributed by atoms with Crippen molar-refractivity contribution in [2.24, 2.45) is 0 Å². The van der Waals surface area contributed by atoms with Crippen molar-refractivity contribution in [3.05, 3.63) is 59.7 Å². The smallest absolute Gasteiger partial charge is 0.240 e. The lowest BCUT2D eigenvalue weighted by molar-refractivity contribution is -0.123. The van der Waals surface area contributed by atoms with Crippen LogP contribution < -0.4 is 15.0 Å². The van der Waals surface area contributed by atoms with Gasteiger partial charge in [-0.05, 0) is 36.2 Å². The number of amides is 2. The number of hydrogen-bond acceptors (Lipinski definition) is 4. The summed E-state index contributed by atoms with van der Waals surface area (Å²) in [7, 11) is 1.61. The molecule has 0 unspecified atom stereocenters. The summed E-state index contributed by atoms with van der Waals surface area (Å²) in [5.41, 5.74) is 1.83. The second kappa shape index (κ2) is 9.23. The third-order valence-corrected chi connectivity index (χ3v) is 3.87. The first kappa shape index (κ1) is 19.0. The van der Waals surface area contributed by atoms with Gasteiger partial charge in [0.1, 0.15) is 18.4 Å². The second-order valence-corrected chi connectivity index (χ2v) is 5.69. The van der Waals surface area contributed by atoms with Crippen LogP contribution in [0.2, 0.25) is 0 Å². The minimum atomic E-state index is -0.296. The molecule has 0 aliphatic rings. The molecule has 0 aromatic heterocycles. The number of para-hydroxylation sites is 1. The molecule has 0 radical (unpaired) electrons. The van der Waals surface area contributed by atoms with Crippen molar-refractivity contribution in [2.45, 2.75) is 13.3 Å². The van der Waals surface area contributed by atoms with Crippen LogP contribution in [-0.4, -0.2) is 32.0 Å². The quantitative estimate of drug-likeness (QED) is 0.830. The predicted octanol–water partition coefficient (Wildman–Crippen LogP) is 2.28. The fourth-order valence-electron chi connectivity index (χ4n) is 2.54. The number of anilines is 1. The highest BCUT2D eigenvalue weighted by molar-refractivity contribution is 5.98. The Bertz CT molecular complexity index is 827. The third-order valence-electron chi connectivity index (χ3n) is 3.87. The van der Waals surface area contributed by atoms with E-state index in [4.69, 9.17) is 4.74 Å². The zero-order valence-electron chi connectivity index (χ0n) is 14.9. The van der Waals surface area contributed by atoms with Crippen LogP contribution in [-0.2, 0) is 16.0 Å². The maximum atomic E-state index is 12.2. The number of carbonyl (C=O) groups excluding carboxylic acids is 2.